The van der Waals surface area contributed by atoms with Crippen molar-refractivity contribution < 1.29 is 8.42 Å². The molecule has 19 heavy (non-hydrogen) atoms. The van der Waals surface area contributed by atoms with Gasteiger partial charge in [-0.1, -0.05) is 0 Å². The Bertz CT molecular complexity index is 665. The van der Waals surface area contributed by atoms with E-state index in [-0.39, 0.29) is 4.90 Å². The molecular weight excluding hydrogens is 266 g/mol. The molecule has 0 aliphatic rings. The second kappa shape index (κ2) is 5.27. The minimum Gasteiger partial charge on any atom is -0.384 e. The highest BCUT2D eigenvalue weighted by molar-refractivity contribution is 7.92. The van der Waals surface area contributed by atoms with Gasteiger partial charge in [0.25, 0.3) is 10.0 Å². The zero-order valence-electron chi connectivity index (χ0n) is 10.7. The van der Waals surface area contributed by atoms with E-state index in [1.165, 1.54) is 17.1 Å². The van der Waals surface area contributed by atoms with Crippen LogP contribution in [0.5, 0.6) is 0 Å². The first-order chi connectivity index (χ1) is 9.04. The van der Waals surface area contributed by atoms with Crippen LogP contribution in [0.3, 0.4) is 0 Å². The van der Waals surface area contributed by atoms with Crippen LogP contribution in [0.25, 0.3) is 0 Å². The fraction of sp³-hybridized carbons (Fsp3) is 0.273. The standard InChI is InChI=1S/C11H15N5O2S/c1-3-13-9-4-6-12-8-10(9)19(17,18)15-11-5-7-14-16(11)2/h4-8,15H,3H2,1-2H3,(H,12,13). The summed E-state index contributed by atoms with van der Waals surface area (Å²) in [7, 11) is -2.04. The van der Waals surface area contributed by atoms with E-state index in [9.17, 15) is 8.42 Å². The highest BCUT2D eigenvalue weighted by Crippen LogP contribution is 2.22. The molecule has 0 aromatic carbocycles. The number of aromatic nitrogens is 3. The number of rotatable bonds is 5. The summed E-state index contributed by atoms with van der Waals surface area (Å²) in [6, 6.07) is 3.21. The van der Waals surface area contributed by atoms with Crippen LogP contribution in [0, 0.1) is 0 Å². The normalized spacial score (nSPS) is 11.3. The first-order valence-electron chi connectivity index (χ1n) is 5.73. The van der Waals surface area contributed by atoms with Crippen LogP contribution in [-0.2, 0) is 17.1 Å². The van der Waals surface area contributed by atoms with E-state index < -0.39 is 10.0 Å². The van der Waals surface area contributed by atoms with Crippen LogP contribution < -0.4 is 10.0 Å². The van der Waals surface area contributed by atoms with Gasteiger partial charge < -0.3 is 5.32 Å². The van der Waals surface area contributed by atoms with E-state index in [0.29, 0.717) is 18.1 Å². The minimum atomic E-state index is -3.69. The van der Waals surface area contributed by atoms with Crippen LogP contribution in [0.4, 0.5) is 11.5 Å². The predicted octanol–water partition coefficient (Wildman–Crippen LogP) is 1.05. The largest absolute Gasteiger partial charge is 0.384 e. The number of hydrogen-bond acceptors (Lipinski definition) is 5. The lowest BCUT2D eigenvalue weighted by atomic mass is 10.4. The molecule has 0 saturated heterocycles. The molecule has 0 amide bonds. The van der Waals surface area contributed by atoms with Crippen molar-refractivity contribution in [1.29, 1.82) is 0 Å². The van der Waals surface area contributed by atoms with Gasteiger partial charge in [-0.25, -0.2) is 8.42 Å². The maximum absolute atomic E-state index is 12.3. The second-order valence-electron chi connectivity index (χ2n) is 3.85. The Balaban J connectivity index is 2.37. The van der Waals surface area contributed by atoms with Crippen molar-refractivity contribution >= 4 is 21.5 Å². The van der Waals surface area contributed by atoms with E-state index in [1.54, 1.807) is 25.4 Å². The molecule has 0 aliphatic carbocycles. The van der Waals surface area contributed by atoms with Crippen molar-refractivity contribution in [2.24, 2.45) is 7.05 Å². The molecule has 0 atom stereocenters. The molecule has 2 rings (SSSR count). The van der Waals surface area contributed by atoms with E-state index in [0.717, 1.165) is 0 Å². The second-order valence-corrected chi connectivity index (χ2v) is 5.50. The summed E-state index contributed by atoms with van der Waals surface area (Å²) in [6.07, 6.45) is 4.38. The molecule has 0 radical (unpaired) electrons. The molecule has 7 nitrogen and oxygen atoms in total. The maximum atomic E-state index is 12.3. The fourth-order valence-electron chi connectivity index (χ4n) is 1.60. The third kappa shape index (κ3) is 2.84. The zero-order chi connectivity index (χ0) is 13.9. The van der Waals surface area contributed by atoms with Crippen LogP contribution in [0.2, 0.25) is 0 Å². The molecule has 0 saturated carbocycles. The molecule has 8 heteroatoms. The number of nitrogens with zero attached hydrogens (tertiary/aromatic N) is 3. The van der Waals surface area contributed by atoms with Crippen LogP contribution in [0.1, 0.15) is 6.92 Å². The summed E-state index contributed by atoms with van der Waals surface area (Å²) >= 11 is 0. The van der Waals surface area contributed by atoms with Gasteiger partial charge in [0.15, 0.2) is 0 Å². The summed E-state index contributed by atoms with van der Waals surface area (Å²) in [4.78, 5) is 3.97. The van der Waals surface area contributed by atoms with Crippen molar-refractivity contribution in [1.82, 2.24) is 14.8 Å². The topological polar surface area (TPSA) is 88.9 Å². The molecule has 0 spiro atoms. The summed E-state index contributed by atoms with van der Waals surface area (Å²) in [6.45, 7) is 2.52. The summed E-state index contributed by atoms with van der Waals surface area (Å²) in [5.74, 6) is 0.395. The highest BCUT2D eigenvalue weighted by Gasteiger charge is 2.19. The first kappa shape index (κ1) is 13.3. The number of hydrogen-bond donors (Lipinski definition) is 2. The zero-order valence-corrected chi connectivity index (χ0v) is 11.5. The molecule has 0 unspecified atom stereocenters. The summed E-state index contributed by atoms with van der Waals surface area (Å²) in [5, 5.41) is 6.91. The first-order valence-corrected chi connectivity index (χ1v) is 7.21. The third-order valence-electron chi connectivity index (χ3n) is 2.50. The lowest BCUT2D eigenvalue weighted by Crippen LogP contribution is -2.17. The van der Waals surface area contributed by atoms with Gasteiger partial charge in [0.2, 0.25) is 0 Å². The van der Waals surface area contributed by atoms with Crippen LogP contribution >= 0.6 is 0 Å². The van der Waals surface area contributed by atoms with Gasteiger partial charge in [-0.05, 0) is 13.0 Å². The number of pyridine rings is 1. The number of nitrogens with one attached hydrogen (secondary N) is 2. The predicted molar refractivity (Wildman–Crippen MR) is 72.4 cm³/mol. The van der Waals surface area contributed by atoms with Gasteiger partial charge in [0.1, 0.15) is 10.7 Å². The van der Waals surface area contributed by atoms with E-state index >= 15 is 0 Å². The Hall–Kier alpha value is -2.09. The van der Waals surface area contributed by atoms with E-state index in [4.69, 9.17) is 0 Å². The van der Waals surface area contributed by atoms with Crippen LogP contribution in [-0.4, -0.2) is 29.7 Å². The van der Waals surface area contributed by atoms with Gasteiger partial charge in [-0.2, -0.15) is 5.10 Å². The fourth-order valence-corrected chi connectivity index (χ4v) is 2.81. The van der Waals surface area contributed by atoms with Gasteiger partial charge in [0, 0.05) is 32.1 Å². The lowest BCUT2D eigenvalue weighted by molar-refractivity contribution is 0.600. The number of sulfonamides is 1. The van der Waals surface area contributed by atoms with Crippen molar-refractivity contribution in [3.8, 4) is 0 Å². The minimum absolute atomic E-state index is 0.109. The molecule has 0 aliphatic heterocycles. The smallest absolute Gasteiger partial charge is 0.266 e. The number of aryl methyl sites for hydroxylation is 1. The molecule has 2 N–H and O–H groups in total. The monoisotopic (exact) mass is 281 g/mol. The van der Waals surface area contributed by atoms with E-state index in [2.05, 4.69) is 20.1 Å². The molecule has 2 aromatic rings. The summed E-state index contributed by atoms with van der Waals surface area (Å²) in [5.41, 5.74) is 0.521. The molecule has 102 valence electrons. The lowest BCUT2D eigenvalue weighted by Gasteiger charge is -2.12. The van der Waals surface area contributed by atoms with Gasteiger partial charge >= 0.3 is 0 Å². The molecule has 0 bridgehead atoms. The van der Waals surface area contributed by atoms with Crippen molar-refractivity contribution in [3.63, 3.8) is 0 Å². The Labute approximate surface area is 111 Å². The van der Waals surface area contributed by atoms with Gasteiger partial charge in [-0.3, -0.25) is 14.4 Å². The quantitative estimate of drug-likeness (QED) is 0.855. The SMILES string of the molecule is CCNc1ccncc1S(=O)(=O)Nc1ccnn1C. The van der Waals surface area contributed by atoms with Gasteiger partial charge in [-0.15, -0.1) is 0 Å². The van der Waals surface area contributed by atoms with Crippen LogP contribution in [0.15, 0.2) is 35.6 Å². The van der Waals surface area contributed by atoms with Crippen molar-refractivity contribution in [2.45, 2.75) is 11.8 Å². The summed E-state index contributed by atoms with van der Waals surface area (Å²) < 4.78 is 28.5. The molecule has 2 aromatic heterocycles. The maximum Gasteiger partial charge on any atom is 0.266 e. The van der Waals surface area contributed by atoms with Crippen molar-refractivity contribution in [3.05, 3.63) is 30.7 Å². The Morgan fingerprint density at radius 1 is 1.32 bits per heavy atom. The van der Waals surface area contributed by atoms with E-state index in [1.807, 2.05) is 6.92 Å². The average molecular weight is 281 g/mol. The Kier molecular flexibility index (Phi) is 3.70. The highest BCUT2D eigenvalue weighted by atomic mass is 32.2. The Morgan fingerprint density at radius 2 is 2.11 bits per heavy atom. The molecule has 0 fully saturated rings. The van der Waals surface area contributed by atoms with Crippen molar-refractivity contribution in [2.75, 3.05) is 16.6 Å². The average Bonchev–Trinajstić information content (AvgIpc) is 2.75. The van der Waals surface area contributed by atoms with Gasteiger partial charge in [0.05, 0.1) is 11.9 Å². The third-order valence-corrected chi connectivity index (χ3v) is 3.88. The molecule has 2 heterocycles. The Morgan fingerprint density at radius 3 is 2.74 bits per heavy atom. The molecular formula is C11H15N5O2S. The number of anilines is 2.